The van der Waals surface area contributed by atoms with E-state index in [4.69, 9.17) is 0 Å². The van der Waals surface area contributed by atoms with Gasteiger partial charge >= 0.3 is 0 Å². The zero-order valence-corrected chi connectivity index (χ0v) is 12.3. The molecule has 0 unspecified atom stereocenters. The van der Waals surface area contributed by atoms with Crippen LogP contribution in [-0.4, -0.2) is 23.9 Å². The second-order valence-corrected chi connectivity index (χ2v) is 6.67. The van der Waals surface area contributed by atoms with Gasteiger partial charge in [0.15, 0.2) is 0 Å². The highest BCUT2D eigenvalue weighted by Gasteiger charge is 2.45. The molecule has 1 saturated heterocycles. The van der Waals surface area contributed by atoms with Crippen LogP contribution in [0.3, 0.4) is 0 Å². The summed E-state index contributed by atoms with van der Waals surface area (Å²) >= 11 is 3.45. The monoisotopic (exact) mass is 307 g/mol. The second kappa shape index (κ2) is 4.37. The first-order chi connectivity index (χ1) is 8.60. The van der Waals surface area contributed by atoms with Crippen LogP contribution in [0.25, 0.3) is 0 Å². The minimum absolute atomic E-state index is 0.198. The quantitative estimate of drug-likeness (QED) is 0.773. The molecule has 1 aromatic rings. The van der Waals surface area contributed by atoms with Crippen molar-refractivity contribution in [2.24, 2.45) is 5.41 Å². The van der Waals surface area contributed by atoms with E-state index in [0.717, 1.165) is 28.7 Å². The van der Waals surface area contributed by atoms with Crippen molar-refractivity contribution in [1.82, 2.24) is 4.90 Å². The summed E-state index contributed by atoms with van der Waals surface area (Å²) in [4.78, 5) is 14.5. The lowest BCUT2D eigenvalue weighted by molar-refractivity contribution is 0.0677. The zero-order chi connectivity index (χ0) is 12.8. The summed E-state index contributed by atoms with van der Waals surface area (Å²) < 4.78 is 0.979. The number of carbonyl (C=O) groups excluding carboxylic acids is 1. The molecule has 2 fully saturated rings. The van der Waals surface area contributed by atoms with Crippen LogP contribution in [0, 0.1) is 12.3 Å². The fourth-order valence-corrected chi connectivity index (χ4v) is 3.22. The van der Waals surface area contributed by atoms with Crippen molar-refractivity contribution in [2.45, 2.75) is 32.6 Å². The van der Waals surface area contributed by atoms with Crippen LogP contribution in [0.2, 0.25) is 0 Å². The third-order valence-corrected chi connectivity index (χ3v) is 4.99. The molecule has 1 aromatic carbocycles. The van der Waals surface area contributed by atoms with Crippen LogP contribution < -0.4 is 0 Å². The lowest BCUT2D eigenvalue weighted by Gasteiger charge is -2.32. The Morgan fingerprint density at radius 3 is 2.50 bits per heavy atom. The smallest absolute Gasteiger partial charge is 0.254 e. The number of likely N-dealkylation sites (tertiary alicyclic amines) is 1. The third-order valence-electron chi connectivity index (χ3n) is 4.50. The van der Waals surface area contributed by atoms with Gasteiger partial charge in [0.2, 0.25) is 0 Å². The molecule has 2 aliphatic rings. The average Bonchev–Trinajstić information content (AvgIpc) is 3.12. The number of rotatable bonds is 1. The summed E-state index contributed by atoms with van der Waals surface area (Å²) in [6, 6.07) is 5.93. The van der Waals surface area contributed by atoms with Crippen molar-refractivity contribution in [1.29, 1.82) is 0 Å². The Hall–Kier alpha value is -0.830. The Balaban J connectivity index is 1.76. The Morgan fingerprint density at radius 1 is 1.22 bits per heavy atom. The van der Waals surface area contributed by atoms with Gasteiger partial charge in [0, 0.05) is 23.1 Å². The predicted octanol–water partition coefficient (Wildman–Crippen LogP) is 3.77. The minimum atomic E-state index is 0.198. The molecule has 1 heterocycles. The molecule has 0 N–H and O–H groups in total. The molecular formula is C15H18BrNO. The molecule has 18 heavy (non-hydrogen) atoms. The molecular weight excluding hydrogens is 290 g/mol. The van der Waals surface area contributed by atoms with Gasteiger partial charge in [-0.25, -0.2) is 0 Å². The first-order valence-corrected chi connectivity index (χ1v) is 7.44. The largest absolute Gasteiger partial charge is 0.339 e. The first kappa shape index (κ1) is 12.2. The van der Waals surface area contributed by atoms with Gasteiger partial charge < -0.3 is 4.90 Å². The standard InChI is InChI=1S/C15H18BrNO/c1-11-2-3-12(16)10-13(11)14(18)17-8-6-15(4-5-15)7-9-17/h2-3,10H,4-9H2,1H3. The highest BCUT2D eigenvalue weighted by Crippen LogP contribution is 2.53. The number of amides is 1. The average molecular weight is 308 g/mol. The number of nitrogens with zero attached hydrogens (tertiary/aromatic N) is 1. The molecule has 3 rings (SSSR count). The Morgan fingerprint density at radius 2 is 1.89 bits per heavy atom. The normalized spacial score (nSPS) is 21.1. The van der Waals surface area contributed by atoms with Crippen LogP contribution in [0.4, 0.5) is 0 Å². The van der Waals surface area contributed by atoms with Gasteiger partial charge in [0.05, 0.1) is 0 Å². The van der Waals surface area contributed by atoms with E-state index in [0.29, 0.717) is 5.41 Å². The van der Waals surface area contributed by atoms with E-state index in [2.05, 4.69) is 15.9 Å². The van der Waals surface area contributed by atoms with Gasteiger partial charge in [-0.05, 0) is 55.7 Å². The van der Waals surface area contributed by atoms with Gasteiger partial charge in [0.1, 0.15) is 0 Å². The minimum Gasteiger partial charge on any atom is -0.339 e. The number of aryl methyl sites for hydroxylation is 1. The summed E-state index contributed by atoms with van der Waals surface area (Å²) in [5, 5.41) is 0. The van der Waals surface area contributed by atoms with Crippen molar-refractivity contribution in [3.63, 3.8) is 0 Å². The molecule has 96 valence electrons. The summed E-state index contributed by atoms with van der Waals surface area (Å²) in [6.07, 6.45) is 5.16. The zero-order valence-electron chi connectivity index (χ0n) is 10.7. The number of carbonyl (C=O) groups is 1. The number of hydrogen-bond acceptors (Lipinski definition) is 1. The van der Waals surface area contributed by atoms with E-state index in [-0.39, 0.29) is 5.91 Å². The molecule has 3 heteroatoms. The van der Waals surface area contributed by atoms with Gasteiger partial charge in [-0.2, -0.15) is 0 Å². The molecule has 0 atom stereocenters. The van der Waals surface area contributed by atoms with Crippen LogP contribution in [0.15, 0.2) is 22.7 Å². The topological polar surface area (TPSA) is 20.3 Å². The van der Waals surface area contributed by atoms with E-state index in [9.17, 15) is 4.79 Å². The molecule has 0 radical (unpaired) electrons. The number of piperidine rings is 1. The molecule has 1 spiro atoms. The van der Waals surface area contributed by atoms with E-state index >= 15 is 0 Å². The van der Waals surface area contributed by atoms with Gasteiger partial charge in [-0.1, -0.05) is 22.0 Å². The highest BCUT2D eigenvalue weighted by molar-refractivity contribution is 9.10. The molecule has 1 amide bonds. The van der Waals surface area contributed by atoms with Crippen molar-refractivity contribution in [2.75, 3.05) is 13.1 Å². The van der Waals surface area contributed by atoms with Crippen molar-refractivity contribution >= 4 is 21.8 Å². The van der Waals surface area contributed by atoms with Crippen LogP contribution in [0.5, 0.6) is 0 Å². The molecule has 1 saturated carbocycles. The maximum atomic E-state index is 12.5. The van der Waals surface area contributed by atoms with E-state index in [1.54, 1.807) is 0 Å². The SMILES string of the molecule is Cc1ccc(Br)cc1C(=O)N1CCC2(CC1)CC2. The molecule has 0 aromatic heterocycles. The van der Waals surface area contributed by atoms with Gasteiger partial charge in [0.25, 0.3) is 5.91 Å². The maximum Gasteiger partial charge on any atom is 0.254 e. The van der Waals surface area contributed by atoms with Crippen molar-refractivity contribution in [3.8, 4) is 0 Å². The van der Waals surface area contributed by atoms with E-state index in [1.807, 2.05) is 30.0 Å². The van der Waals surface area contributed by atoms with Crippen LogP contribution >= 0.6 is 15.9 Å². The summed E-state index contributed by atoms with van der Waals surface area (Å²) in [6.45, 7) is 3.88. The fraction of sp³-hybridized carbons (Fsp3) is 0.533. The second-order valence-electron chi connectivity index (χ2n) is 5.75. The van der Waals surface area contributed by atoms with Crippen molar-refractivity contribution < 1.29 is 4.79 Å². The molecule has 1 aliphatic heterocycles. The maximum absolute atomic E-state index is 12.5. The lowest BCUT2D eigenvalue weighted by atomic mass is 9.93. The Kier molecular flexibility index (Phi) is 2.97. The fourth-order valence-electron chi connectivity index (χ4n) is 2.86. The number of halogens is 1. The number of hydrogen-bond donors (Lipinski definition) is 0. The predicted molar refractivity (Wildman–Crippen MR) is 75.7 cm³/mol. The first-order valence-electron chi connectivity index (χ1n) is 6.65. The highest BCUT2D eigenvalue weighted by atomic mass is 79.9. The lowest BCUT2D eigenvalue weighted by Crippen LogP contribution is -2.39. The van der Waals surface area contributed by atoms with Crippen molar-refractivity contribution in [3.05, 3.63) is 33.8 Å². The Labute approximate surface area is 116 Å². The Bertz CT molecular complexity index is 483. The van der Waals surface area contributed by atoms with Gasteiger partial charge in [-0.3, -0.25) is 4.79 Å². The summed E-state index contributed by atoms with van der Waals surface area (Å²) in [7, 11) is 0. The molecule has 1 aliphatic carbocycles. The van der Waals surface area contributed by atoms with Crippen LogP contribution in [-0.2, 0) is 0 Å². The summed E-state index contributed by atoms with van der Waals surface area (Å²) in [5.74, 6) is 0.198. The van der Waals surface area contributed by atoms with Gasteiger partial charge in [-0.15, -0.1) is 0 Å². The van der Waals surface area contributed by atoms with E-state index < -0.39 is 0 Å². The molecule has 2 nitrogen and oxygen atoms in total. The molecule has 0 bridgehead atoms. The van der Waals surface area contributed by atoms with Crippen LogP contribution in [0.1, 0.15) is 41.6 Å². The number of benzene rings is 1. The summed E-state index contributed by atoms with van der Waals surface area (Å²) in [5.41, 5.74) is 2.54. The third kappa shape index (κ3) is 2.20. The van der Waals surface area contributed by atoms with E-state index in [1.165, 1.54) is 25.7 Å².